The Bertz CT molecular complexity index is 568. The van der Waals surface area contributed by atoms with Gasteiger partial charge in [0.15, 0.2) is 0 Å². The van der Waals surface area contributed by atoms with Gasteiger partial charge in [-0.25, -0.2) is 0 Å². The van der Waals surface area contributed by atoms with E-state index < -0.39 is 6.04 Å². The number of ether oxygens (including phenoxy) is 2. The van der Waals surface area contributed by atoms with Gasteiger partial charge in [-0.3, -0.25) is 9.59 Å². The highest BCUT2D eigenvalue weighted by atomic mass is 35.5. The molecule has 0 aliphatic carbocycles. The van der Waals surface area contributed by atoms with Crippen molar-refractivity contribution in [3.63, 3.8) is 0 Å². The molecule has 0 radical (unpaired) electrons. The van der Waals surface area contributed by atoms with Gasteiger partial charge in [0.1, 0.15) is 11.8 Å². The molecule has 1 saturated heterocycles. The van der Waals surface area contributed by atoms with E-state index in [4.69, 9.17) is 15.2 Å². The minimum Gasteiger partial charge on any atom is -0.494 e. The number of hydrogen-bond acceptors (Lipinski definition) is 5. The molecule has 0 saturated carbocycles. The maximum atomic E-state index is 11.9. The largest absolute Gasteiger partial charge is 0.494 e. The molecule has 1 aromatic rings. The summed E-state index contributed by atoms with van der Waals surface area (Å²) in [6.45, 7) is 0.822. The summed E-state index contributed by atoms with van der Waals surface area (Å²) in [7, 11) is 3.01. The quantitative estimate of drug-likeness (QED) is 0.808. The molecule has 23 heavy (non-hydrogen) atoms. The molecule has 0 bridgehead atoms. The second kappa shape index (κ2) is 8.71. The van der Waals surface area contributed by atoms with E-state index in [1.54, 1.807) is 23.1 Å². The molecular formula is C15H22ClN3O4. The van der Waals surface area contributed by atoms with Gasteiger partial charge >= 0.3 is 0 Å². The molecule has 1 atom stereocenters. The Morgan fingerprint density at radius 2 is 2.17 bits per heavy atom. The van der Waals surface area contributed by atoms with Gasteiger partial charge in [-0.05, 0) is 18.6 Å². The lowest BCUT2D eigenvalue weighted by Gasteiger charge is -2.20. The molecule has 0 spiro atoms. The summed E-state index contributed by atoms with van der Waals surface area (Å²) in [5, 5.41) is 2.70. The number of benzene rings is 1. The third-order valence-corrected chi connectivity index (χ3v) is 3.49. The lowest BCUT2D eigenvalue weighted by molar-refractivity contribution is -0.118. The Morgan fingerprint density at radius 3 is 2.74 bits per heavy atom. The van der Waals surface area contributed by atoms with E-state index in [0.717, 1.165) is 6.42 Å². The first-order chi connectivity index (χ1) is 10.6. The van der Waals surface area contributed by atoms with Gasteiger partial charge in [-0.15, -0.1) is 12.4 Å². The summed E-state index contributed by atoms with van der Waals surface area (Å²) in [5.41, 5.74) is 6.94. The third kappa shape index (κ3) is 4.57. The van der Waals surface area contributed by atoms with Crippen molar-refractivity contribution in [2.75, 3.05) is 37.6 Å². The first-order valence-electron chi connectivity index (χ1n) is 7.10. The number of amides is 2. The van der Waals surface area contributed by atoms with Gasteiger partial charge in [0.2, 0.25) is 11.8 Å². The van der Waals surface area contributed by atoms with E-state index in [0.29, 0.717) is 30.1 Å². The number of rotatable bonds is 6. The van der Waals surface area contributed by atoms with Crippen LogP contribution >= 0.6 is 12.4 Å². The third-order valence-electron chi connectivity index (χ3n) is 3.49. The monoisotopic (exact) mass is 343 g/mol. The van der Waals surface area contributed by atoms with Crippen LogP contribution in [-0.4, -0.2) is 45.2 Å². The lowest BCUT2D eigenvalue weighted by atomic mass is 10.2. The molecule has 1 aliphatic heterocycles. The van der Waals surface area contributed by atoms with Crippen molar-refractivity contribution >= 4 is 35.6 Å². The predicted molar refractivity (Wildman–Crippen MR) is 90.3 cm³/mol. The fourth-order valence-corrected chi connectivity index (χ4v) is 2.37. The van der Waals surface area contributed by atoms with E-state index >= 15 is 0 Å². The van der Waals surface area contributed by atoms with Crippen molar-refractivity contribution < 1.29 is 19.1 Å². The summed E-state index contributed by atoms with van der Waals surface area (Å²) in [4.78, 5) is 25.4. The van der Waals surface area contributed by atoms with Crippen LogP contribution in [0.5, 0.6) is 5.75 Å². The molecule has 2 amide bonds. The van der Waals surface area contributed by atoms with E-state index in [9.17, 15) is 9.59 Å². The summed E-state index contributed by atoms with van der Waals surface area (Å²) in [6.07, 6.45) is 1.39. The number of nitrogens with two attached hydrogens (primary N) is 1. The number of hydrogen-bond donors (Lipinski definition) is 2. The summed E-state index contributed by atoms with van der Waals surface area (Å²) >= 11 is 0. The molecule has 0 aromatic heterocycles. The van der Waals surface area contributed by atoms with Crippen LogP contribution in [0.15, 0.2) is 18.2 Å². The Kier molecular flexibility index (Phi) is 7.28. The van der Waals surface area contributed by atoms with Crippen LogP contribution in [0.4, 0.5) is 11.4 Å². The van der Waals surface area contributed by atoms with Gasteiger partial charge in [0.05, 0.1) is 19.4 Å². The Hall–Kier alpha value is -1.83. The number of nitrogens with zero attached hydrogens (tertiary/aromatic N) is 1. The van der Waals surface area contributed by atoms with Crippen molar-refractivity contribution in [2.45, 2.75) is 18.9 Å². The highest BCUT2D eigenvalue weighted by Crippen LogP contribution is 2.33. The second-order valence-electron chi connectivity index (χ2n) is 5.09. The Balaban J connectivity index is 0.00000264. The van der Waals surface area contributed by atoms with Crippen LogP contribution < -0.4 is 20.7 Å². The highest BCUT2D eigenvalue weighted by molar-refractivity contribution is 5.98. The predicted octanol–water partition coefficient (Wildman–Crippen LogP) is 1.16. The van der Waals surface area contributed by atoms with Crippen molar-refractivity contribution in [1.82, 2.24) is 0 Å². The van der Waals surface area contributed by atoms with Crippen LogP contribution in [0.2, 0.25) is 0 Å². The maximum Gasteiger partial charge on any atom is 0.243 e. The standard InChI is InChI=1S/C15H21N3O4.ClH/c1-21-9-11(16)15(20)17-10-5-6-12(13(8-10)22-2)18-7-3-4-14(18)19;/h5-6,8,11H,3-4,7,9,16H2,1-2H3,(H,17,20);1H. The SMILES string of the molecule is COCC(N)C(=O)Nc1ccc(N2CCCC2=O)c(OC)c1.Cl. The first kappa shape index (κ1) is 19.2. The van der Waals surface area contributed by atoms with E-state index in [-0.39, 0.29) is 30.8 Å². The molecule has 1 aromatic carbocycles. The minimum absolute atomic E-state index is 0. The van der Waals surface area contributed by atoms with E-state index in [1.807, 2.05) is 0 Å². The fourth-order valence-electron chi connectivity index (χ4n) is 2.37. The Labute approximate surface area is 141 Å². The number of nitrogens with one attached hydrogen (secondary N) is 1. The average molecular weight is 344 g/mol. The van der Waals surface area contributed by atoms with Crippen LogP contribution in [-0.2, 0) is 14.3 Å². The van der Waals surface area contributed by atoms with Crippen LogP contribution in [0.1, 0.15) is 12.8 Å². The summed E-state index contributed by atoms with van der Waals surface area (Å²) in [6, 6.07) is 4.43. The van der Waals surface area contributed by atoms with Gasteiger partial charge in [0, 0.05) is 31.8 Å². The molecule has 1 unspecified atom stereocenters. The van der Waals surface area contributed by atoms with Crippen LogP contribution in [0, 0.1) is 0 Å². The zero-order chi connectivity index (χ0) is 16.1. The van der Waals surface area contributed by atoms with Crippen molar-refractivity contribution in [3.05, 3.63) is 18.2 Å². The van der Waals surface area contributed by atoms with E-state index in [1.165, 1.54) is 14.2 Å². The zero-order valence-electron chi connectivity index (χ0n) is 13.2. The summed E-state index contributed by atoms with van der Waals surface area (Å²) < 4.78 is 10.2. The van der Waals surface area contributed by atoms with Gasteiger partial charge in [0.25, 0.3) is 0 Å². The first-order valence-corrected chi connectivity index (χ1v) is 7.10. The molecule has 8 heteroatoms. The normalized spacial score (nSPS) is 15.1. The van der Waals surface area contributed by atoms with Crippen molar-refractivity contribution in [3.8, 4) is 5.75 Å². The molecule has 2 rings (SSSR count). The molecule has 7 nitrogen and oxygen atoms in total. The number of carbonyl (C=O) groups is 2. The fraction of sp³-hybridized carbons (Fsp3) is 0.467. The highest BCUT2D eigenvalue weighted by Gasteiger charge is 2.24. The van der Waals surface area contributed by atoms with Crippen LogP contribution in [0.25, 0.3) is 0 Å². The van der Waals surface area contributed by atoms with Gasteiger partial charge in [-0.1, -0.05) is 0 Å². The maximum absolute atomic E-state index is 11.9. The lowest BCUT2D eigenvalue weighted by Crippen LogP contribution is -2.39. The molecule has 1 fully saturated rings. The molecule has 1 aliphatic rings. The number of anilines is 2. The zero-order valence-corrected chi connectivity index (χ0v) is 14.0. The molecule has 1 heterocycles. The van der Waals surface area contributed by atoms with Gasteiger partial charge in [-0.2, -0.15) is 0 Å². The average Bonchev–Trinajstić information content (AvgIpc) is 2.93. The van der Waals surface area contributed by atoms with Crippen molar-refractivity contribution in [2.24, 2.45) is 5.73 Å². The molecular weight excluding hydrogens is 322 g/mol. The summed E-state index contributed by atoms with van der Waals surface area (Å²) in [5.74, 6) is 0.277. The topological polar surface area (TPSA) is 93.9 Å². The van der Waals surface area contributed by atoms with Gasteiger partial charge < -0.3 is 25.4 Å². The Morgan fingerprint density at radius 1 is 1.43 bits per heavy atom. The molecule has 128 valence electrons. The second-order valence-corrected chi connectivity index (χ2v) is 5.09. The number of methoxy groups -OCH3 is 2. The van der Waals surface area contributed by atoms with E-state index in [2.05, 4.69) is 5.32 Å². The van der Waals surface area contributed by atoms with Crippen LogP contribution in [0.3, 0.4) is 0 Å². The smallest absolute Gasteiger partial charge is 0.243 e. The van der Waals surface area contributed by atoms with Crippen molar-refractivity contribution in [1.29, 1.82) is 0 Å². The number of carbonyl (C=O) groups excluding carboxylic acids is 2. The molecule has 3 N–H and O–H groups in total. The number of halogens is 1. The minimum atomic E-state index is -0.740.